The predicted molar refractivity (Wildman–Crippen MR) is 103 cm³/mol. The molecule has 1 N–H and O–H groups in total. The smallest absolute Gasteiger partial charge is 0.257 e. The van der Waals surface area contributed by atoms with E-state index in [0.29, 0.717) is 35.9 Å². The Morgan fingerprint density at radius 3 is 2.52 bits per heavy atom. The number of carbonyl (C=O) groups is 1. The molecule has 2 aromatic carbocycles. The molecule has 1 aromatic heterocycles. The number of hydrogen-bond acceptors (Lipinski definition) is 5. The molecule has 27 heavy (non-hydrogen) atoms. The molecular formula is C21H19N5O. The summed E-state index contributed by atoms with van der Waals surface area (Å²) in [6.07, 6.45) is 3.03. The maximum atomic E-state index is 12.7. The molecule has 6 heteroatoms. The summed E-state index contributed by atoms with van der Waals surface area (Å²) >= 11 is 0. The molecule has 3 aromatic rings. The van der Waals surface area contributed by atoms with E-state index in [9.17, 15) is 4.79 Å². The van der Waals surface area contributed by atoms with Gasteiger partial charge in [0.05, 0.1) is 17.2 Å². The van der Waals surface area contributed by atoms with Crippen LogP contribution >= 0.6 is 0 Å². The Bertz CT molecular complexity index is 948. The van der Waals surface area contributed by atoms with E-state index in [2.05, 4.69) is 21.4 Å². The summed E-state index contributed by atoms with van der Waals surface area (Å²) in [6, 6.07) is 19.0. The molecule has 0 radical (unpaired) electrons. The van der Waals surface area contributed by atoms with Crippen LogP contribution in [0.3, 0.4) is 0 Å². The summed E-state index contributed by atoms with van der Waals surface area (Å²) < 4.78 is 0. The van der Waals surface area contributed by atoms with Crippen LogP contribution in [0.25, 0.3) is 0 Å². The van der Waals surface area contributed by atoms with Gasteiger partial charge in [0.2, 0.25) is 5.95 Å². The molecule has 0 aliphatic carbocycles. The van der Waals surface area contributed by atoms with Crippen LogP contribution in [0.5, 0.6) is 0 Å². The van der Waals surface area contributed by atoms with E-state index >= 15 is 0 Å². The standard InChI is InChI=1S/C21H19N5O/c1-2-26(15-16-7-4-3-5-8-16)20(27)18-13-23-21(24-14-18)25-19-10-6-9-17(11-19)12-22/h3-11,13-14H,2,15H2,1H3,(H,23,24,25). The molecule has 0 atom stereocenters. The Morgan fingerprint density at radius 1 is 1.11 bits per heavy atom. The van der Waals surface area contributed by atoms with Gasteiger partial charge in [-0.2, -0.15) is 5.26 Å². The maximum absolute atomic E-state index is 12.7. The number of nitriles is 1. The molecule has 134 valence electrons. The minimum atomic E-state index is -0.112. The fourth-order valence-corrected chi connectivity index (χ4v) is 2.61. The van der Waals surface area contributed by atoms with Crippen molar-refractivity contribution in [2.45, 2.75) is 13.5 Å². The van der Waals surface area contributed by atoms with Gasteiger partial charge in [0.25, 0.3) is 5.91 Å². The third-order valence-corrected chi connectivity index (χ3v) is 4.03. The van der Waals surface area contributed by atoms with Gasteiger partial charge in [0, 0.05) is 31.2 Å². The molecule has 0 saturated carbocycles. The first-order valence-corrected chi connectivity index (χ1v) is 8.62. The van der Waals surface area contributed by atoms with E-state index in [0.717, 1.165) is 5.56 Å². The van der Waals surface area contributed by atoms with Gasteiger partial charge in [-0.1, -0.05) is 36.4 Å². The molecule has 1 heterocycles. The van der Waals surface area contributed by atoms with Crippen LogP contribution < -0.4 is 5.32 Å². The van der Waals surface area contributed by atoms with E-state index in [1.165, 1.54) is 12.4 Å². The molecule has 0 unspecified atom stereocenters. The van der Waals surface area contributed by atoms with E-state index < -0.39 is 0 Å². The molecule has 3 rings (SSSR count). The minimum Gasteiger partial charge on any atom is -0.335 e. The van der Waals surface area contributed by atoms with Gasteiger partial charge < -0.3 is 10.2 Å². The molecular weight excluding hydrogens is 338 g/mol. The first-order chi connectivity index (χ1) is 13.2. The van der Waals surface area contributed by atoms with E-state index in [1.54, 1.807) is 23.1 Å². The highest BCUT2D eigenvalue weighted by molar-refractivity contribution is 5.93. The molecule has 0 fully saturated rings. The molecule has 6 nitrogen and oxygen atoms in total. The van der Waals surface area contributed by atoms with Gasteiger partial charge in [-0.15, -0.1) is 0 Å². The van der Waals surface area contributed by atoms with Crippen molar-refractivity contribution in [2.75, 3.05) is 11.9 Å². The monoisotopic (exact) mass is 357 g/mol. The maximum Gasteiger partial charge on any atom is 0.257 e. The topological polar surface area (TPSA) is 81.9 Å². The Balaban J connectivity index is 1.70. The van der Waals surface area contributed by atoms with E-state index in [4.69, 9.17) is 5.26 Å². The Kier molecular flexibility index (Phi) is 5.75. The van der Waals surface area contributed by atoms with Gasteiger partial charge in [0.1, 0.15) is 0 Å². The zero-order valence-electron chi connectivity index (χ0n) is 15.0. The number of rotatable bonds is 6. The lowest BCUT2D eigenvalue weighted by Gasteiger charge is -2.20. The first kappa shape index (κ1) is 18.1. The van der Waals surface area contributed by atoms with Crippen molar-refractivity contribution in [3.05, 3.63) is 83.7 Å². The van der Waals surface area contributed by atoms with Gasteiger partial charge in [-0.25, -0.2) is 9.97 Å². The van der Waals surface area contributed by atoms with Gasteiger partial charge in [-0.05, 0) is 30.7 Å². The van der Waals surface area contributed by atoms with Crippen molar-refractivity contribution >= 4 is 17.5 Å². The van der Waals surface area contributed by atoms with Crippen LogP contribution in [0.4, 0.5) is 11.6 Å². The average Bonchev–Trinajstić information content (AvgIpc) is 2.73. The second kappa shape index (κ2) is 8.59. The van der Waals surface area contributed by atoms with Gasteiger partial charge >= 0.3 is 0 Å². The predicted octanol–water partition coefficient (Wildman–Crippen LogP) is 3.75. The van der Waals surface area contributed by atoms with Crippen molar-refractivity contribution in [3.8, 4) is 6.07 Å². The summed E-state index contributed by atoms with van der Waals surface area (Å²) in [4.78, 5) is 22.9. The lowest BCUT2D eigenvalue weighted by molar-refractivity contribution is 0.0752. The number of amides is 1. The quantitative estimate of drug-likeness (QED) is 0.726. The number of nitrogens with one attached hydrogen (secondary N) is 1. The van der Waals surface area contributed by atoms with Crippen LogP contribution in [0.2, 0.25) is 0 Å². The second-order valence-corrected chi connectivity index (χ2v) is 5.92. The summed E-state index contributed by atoms with van der Waals surface area (Å²) in [7, 11) is 0. The highest BCUT2D eigenvalue weighted by atomic mass is 16.2. The lowest BCUT2D eigenvalue weighted by atomic mass is 10.2. The van der Waals surface area contributed by atoms with Crippen LogP contribution in [-0.2, 0) is 6.54 Å². The fourth-order valence-electron chi connectivity index (χ4n) is 2.61. The highest BCUT2D eigenvalue weighted by Crippen LogP contribution is 2.15. The molecule has 0 spiro atoms. The Morgan fingerprint density at radius 2 is 1.85 bits per heavy atom. The first-order valence-electron chi connectivity index (χ1n) is 8.62. The number of anilines is 2. The summed E-state index contributed by atoms with van der Waals surface area (Å²) in [5, 5.41) is 12.0. The van der Waals surface area contributed by atoms with Crippen LogP contribution in [0, 0.1) is 11.3 Å². The largest absolute Gasteiger partial charge is 0.335 e. The van der Waals surface area contributed by atoms with Gasteiger partial charge in [0.15, 0.2) is 0 Å². The number of hydrogen-bond donors (Lipinski definition) is 1. The van der Waals surface area contributed by atoms with Crippen LogP contribution in [-0.4, -0.2) is 27.3 Å². The van der Waals surface area contributed by atoms with E-state index in [1.807, 2.05) is 43.3 Å². The average molecular weight is 357 g/mol. The number of carbonyl (C=O) groups excluding carboxylic acids is 1. The van der Waals surface area contributed by atoms with Crippen LogP contribution in [0.15, 0.2) is 67.0 Å². The van der Waals surface area contributed by atoms with Crippen LogP contribution in [0.1, 0.15) is 28.4 Å². The minimum absolute atomic E-state index is 0.112. The van der Waals surface area contributed by atoms with Crippen molar-refractivity contribution in [2.24, 2.45) is 0 Å². The van der Waals surface area contributed by atoms with E-state index in [-0.39, 0.29) is 5.91 Å². The molecule has 0 aliphatic rings. The lowest BCUT2D eigenvalue weighted by Crippen LogP contribution is -2.30. The highest BCUT2D eigenvalue weighted by Gasteiger charge is 2.15. The number of nitrogens with zero attached hydrogens (tertiary/aromatic N) is 4. The summed E-state index contributed by atoms with van der Waals surface area (Å²) in [6.45, 7) is 3.08. The number of benzene rings is 2. The third-order valence-electron chi connectivity index (χ3n) is 4.03. The molecule has 0 saturated heterocycles. The van der Waals surface area contributed by atoms with Crippen molar-refractivity contribution in [1.82, 2.24) is 14.9 Å². The molecule has 0 aliphatic heterocycles. The normalized spacial score (nSPS) is 10.1. The summed E-state index contributed by atoms with van der Waals surface area (Å²) in [5.41, 5.74) is 2.77. The molecule has 0 bridgehead atoms. The number of aromatic nitrogens is 2. The second-order valence-electron chi connectivity index (χ2n) is 5.92. The molecule has 1 amide bonds. The SMILES string of the molecule is CCN(Cc1ccccc1)C(=O)c1cnc(Nc2cccc(C#N)c2)nc1. The van der Waals surface area contributed by atoms with Crippen molar-refractivity contribution in [3.63, 3.8) is 0 Å². The zero-order chi connectivity index (χ0) is 19.1. The van der Waals surface area contributed by atoms with Gasteiger partial charge in [-0.3, -0.25) is 4.79 Å². The summed E-state index contributed by atoms with van der Waals surface area (Å²) in [5.74, 6) is 0.257. The third kappa shape index (κ3) is 4.67. The Labute approximate surface area is 158 Å². The fraction of sp³-hybridized carbons (Fsp3) is 0.143. The Hall–Kier alpha value is -3.72. The zero-order valence-corrected chi connectivity index (χ0v) is 15.0. The van der Waals surface area contributed by atoms with Crippen molar-refractivity contribution in [1.29, 1.82) is 5.26 Å². The van der Waals surface area contributed by atoms with Crippen molar-refractivity contribution < 1.29 is 4.79 Å².